The van der Waals surface area contributed by atoms with Crippen LogP contribution >= 0.6 is 0 Å². The smallest absolute Gasteiger partial charge is 0.322 e. The minimum atomic E-state index is -0.850. The summed E-state index contributed by atoms with van der Waals surface area (Å²) in [6.07, 6.45) is 0.468. The fourth-order valence-electron chi connectivity index (χ4n) is 1.32. The van der Waals surface area contributed by atoms with Crippen LogP contribution in [0, 0.1) is 0 Å². The quantitative estimate of drug-likeness (QED) is 0.633. The summed E-state index contributed by atoms with van der Waals surface area (Å²) in [5, 5.41) is 9.04. The highest BCUT2D eigenvalue weighted by Crippen LogP contribution is 2.02. The van der Waals surface area contributed by atoms with Crippen molar-refractivity contribution in [2.75, 3.05) is 0 Å². The second kappa shape index (κ2) is 6.25. The van der Waals surface area contributed by atoms with E-state index in [0.717, 1.165) is 5.56 Å². The van der Waals surface area contributed by atoms with Crippen LogP contribution in [0.3, 0.4) is 0 Å². The van der Waals surface area contributed by atoms with Crippen LogP contribution in [-0.4, -0.2) is 23.2 Å². The van der Waals surface area contributed by atoms with Crippen molar-refractivity contribution >= 4 is 5.97 Å². The van der Waals surface area contributed by atoms with E-state index in [9.17, 15) is 4.79 Å². The number of nitrogens with one attached hydrogen (secondary N) is 2. The van der Waals surface area contributed by atoms with E-state index < -0.39 is 12.0 Å². The molecule has 0 saturated heterocycles. The molecule has 3 N–H and O–H groups in total. The van der Waals surface area contributed by atoms with Crippen molar-refractivity contribution in [3.05, 3.63) is 35.9 Å². The van der Waals surface area contributed by atoms with Gasteiger partial charge in [0.1, 0.15) is 6.04 Å². The summed E-state index contributed by atoms with van der Waals surface area (Å²) in [4.78, 5) is 11.0. The summed E-state index contributed by atoms with van der Waals surface area (Å²) >= 11 is 0. The average molecular weight is 222 g/mol. The topological polar surface area (TPSA) is 61.4 Å². The highest BCUT2D eigenvalue weighted by atomic mass is 16.4. The van der Waals surface area contributed by atoms with Crippen molar-refractivity contribution in [1.82, 2.24) is 10.9 Å². The Morgan fingerprint density at radius 2 is 1.88 bits per heavy atom. The lowest BCUT2D eigenvalue weighted by atomic mass is 10.1. The van der Waals surface area contributed by atoms with Gasteiger partial charge in [-0.3, -0.25) is 10.2 Å². The van der Waals surface area contributed by atoms with Gasteiger partial charge >= 0.3 is 5.97 Å². The van der Waals surface area contributed by atoms with Gasteiger partial charge in [0.2, 0.25) is 0 Å². The van der Waals surface area contributed by atoms with E-state index in [1.807, 2.05) is 44.2 Å². The molecule has 0 saturated carbocycles. The number of benzene rings is 1. The van der Waals surface area contributed by atoms with Crippen molar-refractivity contribution < 1.29 is 9.90 Å². The molecule has 88 valence electrons. The lowest BCUT2D eigenvalue weighted by molar-refractivity contribution is -0.139. The molecule has 1 rings (SSSR count). The Labute approximate surface area is 95.6 Å². The van der Waals surface area contributed by atoms with Crippen molar-refractivity contribution in [3.8, 4) is 0 Å². The largest absolute Gasteiger partial charge is 0.480 e. The lowest BCUT2D eigenvalue weighted by Gasteiger charge is -2.17. The van der Waals surface area contributed by atoms with Gasteiger partial charge in [-0.25, -0.2) is 5.43 Å². The summed E-state index contributed by atoms with van der Waals surface area (Å²) < 4.78 is 0. The molecule has 4 nitrogen and oxygen atoms in total. The Balaban J connectivity index is 2.55. The Morgan fingerprint density at radius 1 is 1.25 bits per heavy atom. The molecule has 0 radical (unpaired) electrons. The first-order valence-corrected chi connectivity index (χ1v) is 5.37. The Bertz CT molecular complexity index is 325. The van der Waals surface area contributed by atoms with E-state index in [4.69, 9.17) is 5.11 Å². The third kappa shape index (κ3) is 4.42. The van der Waals surface area contributed by atoms with Crippen LogP contribution in [0.25, 0.3) is 0 Å². The van der Waals surface area contributed by atoms with E-state index in [1.165, 1.54) is 0 Å². The van der Waals surface area contributed by atoms with Crippen molar-refractivity contribution in [2.24, 2.45) is 0 Å². The summed E-state index contributed by atoms with van der Waals surface area (Å²) in [6, 6.07) is 9.18. The zero-order valence-electron chi connectivity index (χ0n) is 9.60. The molecule has 0 aromatic heterocycles. The third-order valence-electron chi connectivity index (χ3n) is 2.13. The van der Waals surface area contributed by atoms with Crippen molar-refractivity contribution in [3.63, 3.8) is 0 Å². The minimum Gasteiger partial charge on any atom is -0.480 e. The predicted molar refractivity (Wildman–Crippen MR) is 63.0 cm³/mol. The molecule has 0 aliphatic rings. The maximum Gasteiger partial charge on any atom is 0.322 e. The van der Waals surface area contributed by atoms with Gasteiger partial charge < -0.3 is 5.11 Å². The van der Waals surface area contributed by atoms with Crippen LogP contribution in [0.4, 0.5) is 0 Å². The van der Waals surface area contributed by atoms with Gasteiger partial charge in [0.05, 0.1) is 0 Å². The molecule has 0 bridgehead atoms. The van der Waals surface area contributed by atoms with Crippen LogP contribution in [0.15, 0.2) is 30.3 Å². The van der Waals surface area contributed by atoms with Gasteiger partial charge in [-0.05, 0) is 25.8 Å². The molecule has 1 atom stereocenters. The van der Waals surface area contributed by atoms with Gasteiger partial charge in [-0.2, -0.15) is 0 Å². The lowest BCUT2D eigenvalue weighted by Crippen LogP contribution is -2.49. The standard InChI is InChI=1S/C12H18N2O2/c1-9(2)13-14-11(12(15)16)8-10-6-4-3-5-7-10/h3-7,9,11,13-14H,8H2,1-2H3,(H,15,16)/t11-/m0/s1. The number of carboxylic acids is 1. The van der Waals surface area contributed by atoms with E-state index in [1.54, 1.807) is 0 Å². The van der Waals surface area contributed by atoms with Crippen LogP contribution in [0.5, 0.6) is 0 Å². The maximum atomic E-state index is 11.0. The first kappa shape index (κ1) is 12.7. The number of hydrogen-bond donors (Lipinski definition) is 3. The van der Waals surface area contributed by atoms with Crippen LogP contribution in [0.2, 0.25) is 0 Å². The fraction of sp³-hybridized carbons (Fsp3) is 0.417. The number of aliphatic carboxylic acids is 1. The number of hydrazine groups is 1. The van der Waals surface area contributed by atoms with E-state index in [-0.39, 0.29) is 6.04 Å². The molecule has 0 fully saturated rings. The van der Waals surface area contributed by atoms with Gasteiger partial charge in [0, 0.05) is 6.04 Å². The Hall–Kier alpha value is -1.39. The molecule has 4 heteroatoms. The minimum absolute atomic E-state index is 0.206. The van der Waals surface area contributed by atoms with Gasteiger partial charge in [-0.1, -0.05) is 30.3 Å². The third-order valence-corrected chi connectivity index (χ3v) is 2.13. The summed E-state index contributed by atoms with van der Waals surface area (Å²) in [5.74, 6) is -0.850. The Morgan fingerprint density at radius 3 is 2.38 bits per heavy atom. The Kier molecular flexibility index (Phi) is 4.95. The van der Waals surface area contributed by atoms with Crippen molar-refractivity contribution in [2.45, 2.75) is 32.4 Å². The molecule has 0 amide bonds. The maximum absolute atomic E-state index is 11.0. The molecule has 0 heterocycles. The zero-order chi connectivity index (χ0) is 12.0. The van der Waals surface area contributed by atoms with E-state index in [0.29, 0.717) is 6.42 Å². The van der Waals surface area contributed by atoms with E-state index >= 15 is 0 Å². The number of hydrogen-bond acceptors (Lipinski definition) is 3. The molecule has 1 aromatic carbocycles. The molecular weight excluding hydrogens is 204 g/mol. The van der Waals surface area contributed by atoms with Gasteiger partial charge in [-0.15, -0.1) is 0 Å². The van der Waals surface area contributed by atoms with Gasteiger partial charge in [0.25, 0.3) is 0 Å². The molecular formula is C12H18N2O2. The van der Waals surface area contributed by atoms with Crippen LogP contribution < -0.4 is 10.9 Å². The normalized spacial score (nSPS) is 12.7. The van der Waals surface area contributed by atoms with E-state index in [2.05, 4.69) is 10.9 Å². The number of rotatable bonds is 6. The first-order valence-electron chi connectivity index (χ1n) is 5.37. The summed E-state index contributed by atoms with van der Waals surface area (Å²) in [5.41, 5.74) is 6.74. The molecule has 0 spiro atoms. The second-order valence-electron chi connectivity index (χ2n) is 4.02. The average Bonchev–Trinajstić information content (AvgIpc) is 2.25. The highest BCUT2D eigenvalue weighted by molar-refractivity contribution is 5.73. The zero-order valence-corrected chi connectivity index (χ0v) is 9.60. The SMILES string of the molecule is CC(C)NN[C@@H](Cc1ccccc1)C(=O)O. The fourth-order valence-corrected chi connectivity index (χ4v) is 1.32. The molecule has 0 aliphatic carbocycles. The van der Waals surface area contributed by atoms with Crippen LogP contribution in [-0.2, 0) is 11.2 Å². The summed E-state index contributed by atoms with van der Waals surface area (Å²) in [6.45, 7) is 3.91. The second-order valence-corrected chi connectivity index (χ2v) is 4.02. The monoisotopic (exact) mass is 222 g/mol. The predicted octanol–water partition coefficient (Wildman–Crippen LogP) is 1.18. The summed E-state index contributed by atoms with van der Waals surface area (Å²) in [7, 11) is 0. The molecule has 0 aliphatic heterocycles. The molecule has 1 aromatic rings. The number of carboxylic acid groups (broad SMARTS) is 1. The highest BCUT2D eigenvalue weighted by Gasteiger charge is 2.17. The molecule has 16 heavy (non-hydrogen) atoms. The number of carbonyl (C=O) groups is 1. The van der Waals surface area contributed by atoms with Crippen LogP contribution in [0.1, 0.15) is 19.4 Å². The van der Waals surface area contributed by atoms with Crippen molar-refractivity contribution in [1.29, 1.82) is 0 Å². The first-order chi connectivity index (χ1) is 7.59. The van der Waals surface area contributed by atoms with Gasteiger partial charge in [0.15, 0.2) is 0 Å². The molecule has 0 unspecified atom stereocenters.